The van der Waals surface area contributed by atoms with E-state index in [9.17, 15) is 0 Å². The molecule has 0 unspecified atom stereocenters. The average Bonchev–Trinajstić information content (AvgIpc) is 2.29. The molecular formula is C12H12N2O. The van der Waals surface area contributed by atoms with E-state index >= 15 is 0 Å². The predicted molar refractivity (Wildman–Crippen MR) is 60.6 cm³/mol. The minimum absolute atomic E-state index is 0.688. The maximum Gasteiger partial charge on any atom is 0.121 e. The number of anilines is 1. The summed E-state index contributed by atoms with van der Waals surface area (Å²) in [5.74, 6) is 0.758. The van der Waals surface area contributed by atoms with Gasteiger partial charge in [0.2, 0.25) is 0 Å². The van der Waals surface area contributed by atoms with Crippen molar-refractivity contribution in [3.63, 3.8) is 0 Å². The van der Waals surface area contributed by atoms with E-state index in [1.54, 1.807) is 25.6 Å². The fraction of sp³-hybridized carbons (Fsp3) is 0.0833. The van der Waals surface area contributed by atoms with Gasteiger partial charge in [-0.3, -0.25) is 4.98 Å². The summed E-state index contributed by atoms with van der Waals surface area (Å²) in [6, 6.07) is 9.51. The van der Waals surface area contributed by atoms with Gasteiger partial charge >= 0.3 is 0 Å². The Morgan fingerprint density at radius 3 is 2.73 bits per heavy atom. The van der Waals surface area contributed by atoms with Crippen LogP contribution < -0.4 is 10.5 Å². The normalized spacial score (nSPS) is 9.93. The van der Waals surface area contributed by atoms with Crippen LogP contribution in [0.1, 0.15) is 0 Å². The minimum Gasteiger partial charge on any atom is -0.497 e. The molecule has 0 aliphatic heterocycles. The first kappa shape index (κ1) is 9.52. The molecule has 0 saturated heterocycles. The van der Waals surface area contributed by atoms with Crippen LogP contribution in [-0.2, 0) is 0 Å². The predicted octanol–water partition coefficient (Wildman–Crippen LogP) is 2.34. The second-order valence-corrected chi connectivity index (χ2v) is 3.24. The summed E-state index contributed by atoms with van der Waals surface area (Å²) in [6.07, 6.45) is 3.54. The Morgan fingerprint density at radius 1 is 1.20 bits per heavy atom. The molecule has 1 aromatic heterocycles. The van der Waals surface area contributed by atoms with Crippen molar-refractivity contribution in [3.8, 4) is 16.9 Å². The summed E-state index contributed by atoms with van der Waals surface area (Å²) in [6.45, 7) is 0. The summed E-state index contributed by atoms with van der Waals surface area (Å²) < 4.78 is 5.16. The highest BCUT2D eigenvalue weighted by atomic mass is 16.5. The number of methoxy groups -OCH3 is 1. The number of aromatic nitrogens is 1. The van der Waals surface area contributed by atoms with Gasteiger partial charge in [0.1, 0.15) is 5.75 Å². The van der Waals surface area contributed by atoms with Crippen LogP contribution in [-0.4, -0.2) is 12.1 Å². The van der Waals surface area contributed by atoms with Crippen molar-refractivity contribution in [1.29, 1.82) is 0 Å². The third-order valence-electron chi connectivity index (χ3n) is 2.16. The first-order valence-corrected chi connectivity index (χ1v) is 4.64. The van der Waals surface area contributed by atoms with Gasteiger partial charge in [0.05, 0.1) is 7.11 Å². The van der Waals surface area contributed by atoms with Crippen molar-refractivity contribution in [3.05, 3.63) is 42.7 Å². The van der Waals surface area contributed by atoms with Crippen LogP contribution in [0.5, 0.6) is 5.75 Å². The molecule has 0 bridgehead atoms. The van der Waals surface area contributed by atoms with Crippen LogP contribution >= 0.6 is 0 Å². The van der Waals surface area contributed by atoms with E-state index in [4.69, 9.17) is 10.5 Å². The van der Waals surface area contributed by atoms with Gasteiger partial charge in [-0.1, -0.05) is 6.07 Å². The van der Waals surface area contributed by atoms with E-state index in [2.05, 4.69) is 4.98 Å². The molecule has 3 nitrogen and oxygen atoms in total. The van der Waals surface area contributed by atoms with Gasteiger partial charge < -0.3 is 10.5 Å². The number of pyridine rings is 1. The van der Waals surface area contributed by atoms with Gasteiger partial charge in [-0.05, 0) is 23.8 Å². The molecular weight excluding hydrogens is 188 g/mol. The second-order valence-electron chi connectivity index (χ2n) is 3.24. The van der Waals surface area contributed by atoms with Crippen molar-refractivity contribution in [1.82, 2.24) is 4.98 Å². The molecule has 0 atom stereocenters. The summed E-state index contributed by atoms with van der Waals surface area (Å²) in [4.78, 5) is 4.06. The highest BCUT2D eigenvalue weighted by Crippen LogP contribution is 2.26. The maximum absolute atomic E-state index is 5.77. The van der Waals surface area contributed by atoms with Crippen LogP contribution in [0.15, 0.2) is 42.7 Å². The third kappa shape index (κ3) is 2.07. The number of nitrogens with zero attached hydrogens (tertiary/aromatic N) is 1. The van der Waals surface area contributed by atoms with Crippen LogP contribution in [0, 0.1) is 0 Å². The highest BCUT2D eigenvalue weighted by molar-refractivity contribution is 5.68. The highest BCUT2D eigenvalue weighted by Gasteiger charge is 2.01. The van der Waals surface area contributed by atoms with Crippen molar-refractivity contribution in [2.24, 2.45) is 0 Å². The van der Waals surface area contributed by atoms with E-state index in [1.165, 1.54) is 0 Å². The smallest absolute Gasteiger partial charge is 0.121 e. The first-order chi connectivity index (χ1) is 7.29. The molecule has 1 heterocycles. The molecule has 0 aliphatic rings. The van der Waals surface area contributed by atoms with E-state index in [0.29, 0.717) is 5.69 Å². The SMILES string of the molecule is COc1cc(N)cc(-c2cccnc2)c1. The molecule has 3 heteroatoms. The average molecular weight is 200 g/mol. The molecule has 76 valence electrons. The number of nitrogens with two attached hydrogens (primary N) is 1. The molecule has 0 aliphatic carbocycles. The molecule has 2 N–H and O–H groups in total. The van der Waals surface area contributed by atoms with E-state index in [-0.39, 0.29) is 0 Å². The van der Waals surface area contributed by atoms with Gasteiger partial charge in [-0.15, -0.1) is 0 Å². The van der Waals surface area contributed by atoms with E-state index in [1.807, 2.05) is 24.3 Å². The topological polar surface area (TPSA) is 48.1 Å². The number of ether oxygens (including phenoxy) is 1. The van der Waals surface area contributed by atoms with Crippen LogP contribution in [0.2, 0.25) is 0 Å². The Kier molecular flexibility index (Phi) is 2.54. The van der Waals surface area contributed by atoms with Crippen LogP contribution in [0.4, 0.5) is 5.69 Å². The zero-order chi connectivity index (χ0) is 10.7. The minimum atomic E-state index is 0.688. The standard InChI is InChI=1S/C12H12N2O/c1-15-12-6-10(5-11(13)7-12)9-3-2-4-14-8-9/h2-8H,13H2,1H3. The summed E-state index contributed by atoms with van der Waals surface area (Å²) in [5.41, 5.74) is 8.50. The monoisotopic (exact) mass is 200 g/mol. The van der Waals surface area contributed by atoms with Crippen molar-refractivity contribution >= 4 is 5.69 Å². The van der Waals surface area contributed by atoms with Crippen molar-refractivity contribution < 1.29 is 4.74 Å². The number of benzene rings is 1. The van der Waals surface area contributed by atoms with Gasteiger partial charge in [0.25, 0.3) is 0 Å². The molecule has 2 rings (SSSR count). The summed E-state index contributed by atoms with van der Waals surface area (Å²) >= 11 is 0. The quantitative estimate of drug-likeness (QED) is 0.757. The zero-order valence-electron chi connectivity index (χ0n) is 8.47. The van der Waals surface area contributed by atoms with Crippen LogP contribution in [0.3, 0.4) is 0 Å². The molecule has 2 aromatic rings. The fourth-order valence-corrected chi connectivity index (χ4v) is 1.44. The zero-order valence-corrected chi connectivity index (χ0v) is 8.47. The number of rotatable bonds is 2. The van der Waals surface area contributed by atoms with E-state index < -0.39 is 0 Å². The Morgan fingerprint density at radius 2 is 2.07 bits per heavy atom. The van der Waals surface area contributed by atoms with E-state index in [0.717, 1.165) is 16.9 Å². The van der Waals surface area contributed by atoms with Crippen molar-refractivity contribution in [2.45, 2.75) is 0 Å². The lowest BCUT2D eigenvalue weighted by Crippen LogP contribution is -1.90. The molecule has 0 spiro atoms. The van der Waals surface area contributed by atoms with Gasteiger partial charge in [0, 0.05) is 29.7 Å². The number of nitrogen functional groups attached to an aromatic ring is 1. The Labute approximate surface area is 88.5 Å². The number of hydrogen-bond acceptors (Lipinski definition) is 3. The van der Waals surface area contributed by atoms with Gasteiger partial charge in [-0.2, -0.15) is 0 Å². The lowest BCUT2D eigenvalue weighted by molar-refractivity contribution is 0.415. The lowest BCUT2D eigenvalue weighted by atomic mass is 10.1. The molecule has 0 saturated carbocycles. The largest absolute Gasteiger partial charge is 0.497 e. The Bertz CT molecular complexity index is 454. The maximum atomic E-state index is 5.77. The van der Waals surface area contributed by atoms with Gasteiger partial charge in [-0.25, -0.2) is 0 Å². The first-order valence-electron chi connectivity index (χ1n) is 4.64. The summed E-state index contributed by atoms with van der Waals surface area (Å²) in [7, 11) is 1.63. The molecule has 0 radical (unpaired) electrons. The number of hydrogen-bond donors (Lipinski definition) is 1. The molecule has 0 fully saturated rings. The fourth-order valence-electron chi connectivity index (χ4n) is 1.44. The summed E-state index contributed by atoms with van der Waals surface area (Å²) in [5, 5.41) is 0. The Hall–Kier alpha value is -2.03. The molecule has 15 heavy (non-hydrogen) atoms. The van der Waals surface area contributed by atoms with Crippen LogP contribution in [0.25, 0.3) is 11.1 Å². The third-order valence-corrected chi connectivity index (χ3v) is 2.16. The molecule has 0 amide bonds. The van der Waals surface area contributed by atoms with Crippen molar-refractivity contribution in [2.75, 3.05) is 12.8 Å². The molecule has 1 aromatic carbocycles. The van der Waals surface area contributed by atoms with Gasteiger partial charge in [0.15, 0.2) is 0 Å². The lowest BCUT2D eigenvalue weighted by Gasteiger charge is -2.06. The second kappa shape index (κ2) is 4.00. The Balaban J connectivity index is 2.49.